The Hall–Kier alpha value is -1.32. The first-order valence-electron chi connectivity index (χ1n) is 5.28. The van der Waals surface area contributed by atoms with Gasteiger partial charge in [-0.25, -0.2) is 0 Å². The second-order valence-electron chi connectivity index (χ2n) is 3.96. The zero-order valence-corrected chi connectivity index (χ0v) is 9.40. The summed E-state index contributed by atoms with van der Waals surface area (Å²) < 4.78 is 0. The van der Waals surface area contributed by atoms with Crippen molar-refractivity contribution in [1.82, 2.24) is 9.80 Å². The lowest BCUT2D eigenvalue weighted by molar-refractivity contribution is -0.157. The molecule has 0 unspecified atom stereocenters. The highest BCUT2D eigenvalue weighted by atomic mass is 16.2. The Morgan fingerprint density at radius 2 is 2.00 bits per heavy atom. The molecule has 0 radical (unpaired) electrons. The Morgan fingerprint density at radius 3 is 2.53 bits per heavy atom. The molecule has 0 saturated carbocycles. The van der Waals surface area contributed by atoms with Crippen molar-refractivity contribution in [2.24, 2.45) is 0 Å². The lowest BCUT2D eigenvalue weighted by Crippen LogP contribution is -2.56. The van der Waals surface area contributed by atoms with Gasteiger partial charge in [0, 0.05) is 25.7 Å². The van der Waals surface area contributed by atoms with Crippen molar-refractivity contribution in [3.05, 3.63) is 12.7 Å². The molecule has 84 valence electrons. The van der Waals surface area contributed by atoms with Crippen LogP contribution in [0.4, 0.5) is 0 Å². The van der Waals surface area contributed by atoms with Crippen molar-refractivity contribution in [3.63, 3.8) is 0 Å². The van der Waals surface area contributed by atoms with Crippen LogP contribution in [0.1, 0.15) is 20.3 Å². The molecule has 1 heterocycles. The highest BCUT2D eigenvalue weighted by molar-refractivity contribution is 6.35. The normalized spacial score (nSPS) is 17.5. The number of carbonyl (C=O) groups excluding carboxylic acids is 2. The smallest absolute Gasteiger partial charge is 0.312 e. The van der Waals surface area contributed by atoms with Crippen LogP contribution < -0.4 is 0 Å². The minimum absolute atomic E-state index is 0.100. The van der Waals surface area contributed by atoms with E-state index in [0.29, 0.717) is 19.6 Å². The lowest BCUT2D eigenvalue weighted by atomic mass is 10.2. The summed E-state index contributed by atoms with van der Waals surface area (Å²) in [5.41, 5.74) is 0. The predicted octanol–water partition coefficient (Wildman–Crippen LogP) is 0.642. The fourth-order valence-corrected chi connectivity index (χ4v) is 1.64. The van der Waals surface area contributed by atoms with Crippen LogP contribution in [0.3, 0.4) is 0 Å². The third-order valence-electron chi connectivity index (χ3n) is 2.57. The first-order valence-corrected chi connectivity index (χ1v) is 5.28. The second kappa shape index (κ2) is 4.96. The molecule has 1 saturated heterocycles. The number of piperazine rings is 1. The van der Waals surface area contributed by atoms with E-state index in [-0.39, 0.29) is 17.9 Å². The van der Waals surface area contributed by atoms with Gasteiger partial charge in [-0.3, -0.25) is 9.59 Å². The Kier molecular flexibility index (Phi) is 3.88. The van der Waals surface area contributed by atoms with Crippen molar-refractivity contribution in [2.75, 3.05) is 19.6 Å². The minimum Gasteiger partial charge on any atom is -0.332 e. The number of rotatable bonds is 4. The molecule has 0 atom stereocenters. The zero-order chi connectivity index (χ0) is 11.4. The number of hydrogen-bond donors (Lipinski definition) is 0. The molecule has 1 rings (SSSR count). The Balaban J connectivity index is 2.60. The maximum absolute atomic E-state index is 11.6. The van der Waals surface area contributed by atoms with Gasteiger partial charge in [0.25, 0.3) is 0 Å². The maximum Gasteiger partial charge on any atom is 0.312 e. The summed E-state index contributed by atoms with van der Waals surface area (Å²) in [4.78, 5) is 26.5. The van der Waals surface area contributed by atoms with Crippen molar-refractivity contribution in [2.45, 2.75) is 26.3 Å². The van der Waals surface area contributed by atoms with E-state index in [1.807, 2.05) is 13.8 Å². The van der Waals surface area contributed by atoms with Crippen molar-refractivity contribution in [3.8, 4) is 0 Å². The molecular weight excluding hydrogens is 192 g/mol. The van der Waals surface area contributed by atoms with Crippen LogP contribution in [0.15, 0.2) is 12.7 Å². The van der Waals surface area contributed by atoms with Gasteiger partial charge in [0.2, 0.25) is 0 Å². The molecule has 0 aromatic carbocycles. The molecule has 1 aliphatic rings. The van der Waals surface area contributed by atoms with Crippen molar-refractivity contribution in [1.29, 1.82) is 0 Å². The quantitative estimate of drug-likeness (QED) is 0.504. The first-order chi connectivity index (χ1) is 7.07. The fourth-order valence-electron chi connectivity index (χ4n) is 1.64. The Bertz CT molecular complexity index is 274. The number of hydrogen-bond acceptors (Lipinski definition) is 2. The largest absolute Gasteiger partial charge is 0.332 e. The summed E-state index contributed by atoms with van der Waals surface area (Å²) in [6, 6.07) is 0.100. The van der Waals surface area contributed by atoms with Crippen LogP contribution in [0.25, 0.3) is 0 Å². The topological polar surface area (TPSA) is 40.6 Å². The molecule has 1 fully saturated rings. The fraction of sp³-hybridized carbons (Fsp3) is 0.636. The lowest BCUT2D eigenvalue weighted by Gasteiger charge is -2.35. The van der Waals surface area contributed by atoms with Gasteiger partial charge in [-0.05, 0) is 20.3 Å². The summed E-state index contributed by atoms with van der Waals surface area (Å²) in [6.45, 7) is 9.31. The van der Waals surface area contributed by atoms with Gasteiger partial charge in [0.05, 0.1) is 0 Å². The van der Waals surface area contributed by atoms with Gasteiger partial charge in [0.1, 0.15) is 0 Å². The van der Waals surface area contributed by atoms with Gasteiger partial charge in [0.15, 0.2) is 0 Å². The van der Waals surface area contributed by atoms with E-state index in [4.69, 9.17) is 0 Å². The van der Waals surface area contributed by atoms with E-state index in [2.05, 4.69) is 6.58 Å². The number of carbonyl (C=O) groups is 2. The molecule has 0 aliphatic carbocycles. The van der Waals surface area contributed by atoms with Crippen LogP contribution in [-0.2, 0) is 9.59 Å². The van der Waals surface area contributed by atoms with E-state index < -0.39 is 0 Å². The summed E-state index contributed by atoms with van der Waals surface area (Å²) >= 11 is 0. The molecule has 1 aliphatic heterocycles. The monoisotopic (exact) mass is 210 g/mol. The van der Waals surface area contributed by atoms with Crippen LogP contribution in [0.2, 0.25) is 0 Å². The van der Waals surface area contributed by atoms with Gasteiger partial charge in [-0.2, -0.15) is 0 Å². The average Bonchev–Trinajstić information content (AvgIpc) is 2.20. The SMILES string of the molecule is C=CCCN1CCN(C(C)C)C(=O)C1=O. The molecule has 0 aromatic heterocycles. The van der Waals surface area contributed by atoms with E-state index in [1.54, 1.807) is 15.9 Å². The van der Waals surface area contributed by atoms with Gasteiger partial charge >= 0.3 is 11.8 Å². The summed E-state index contributed by atoms with van der Waals surface area (Å²) in [7, 11) is 0. The molecule has 0 aromatic rings. The molecule has 15 heavy (non-hydrogen) atoms. The Morgan fingerprint density at radius 1 is 1.33 bits per heavy atom. The van der Waals surface area contributed by atoms with E-state index in [1.165, 1.54) is 0 Å². The third kappa shape index (κ3) is 2.58. The first kappa shape index (κ1) is 11.8. The predicted molar refractivity (Wildman–Crippen MR) is 58.2 cm³/mol. The second-order valence-corrected chi connectivity index (χ2v) is 3.96. The summed E-state index contributed by atoms with van der Waals surface area (Å²) in [5, 5.41) is 0. The van der Waals surface area contributed by atoms with Crippen molar-refractivity contribution < 1.29 is 9.59 Å². The molecule has 2 amide bonds. The molecular formula is C11H18N2O2. The molecule has 0 N–H and O–H groups in total. The standard InChI is InChI=1S/C11H18N2O2/c1-4-5-6-12-7-8-13(9(2)3)11(15)10(12)14/h4,9H,1,5-8H2,2-3H3. The maximum atomic E-state index is 11.6. The number of nitrogens with zero attached hydrogens (tertiary/aromatic N) is 2. The van der Waals surface area contributed by atoms with Gasteiger partial charge in [-0.15, -0.1) is 6.58 Å². The number of amides is 2. The van der Waals surface area contributed by atoms with Crippen LogP contribution in [0, 0.1) is 0 Å². The molecule has 4 nitrogen and oxygen atoms in total. The van der Waals surface area contributed by atoms with E-state index in [9.17, 15) is 9.59 Å². The van der Waals surface area contributed by atoms with E-state index >= 15 is 0 Å². The van der Waals surface area contributed by atoms with Crippen molar-refractivity contribution >= 4 is 11.8 Å². The van der Waals surface area contributed by atoms with Crippen LogP contribution in [0.5, 0.6) is 0 Å². The molecule has 0 spiro atoms. The average molecular weight is 210 g/mol. The van der Waals surface area contributed by atoms with Crippen LogP contribution in [-0.4, -0.2) is 47.3 Å². The van der Waals surface area contributed by atoms with Gasteiger partial charge in [-0.1, -0.05) is 6.08 Å². The summed E-state index contributed by atoms with van der Waals surface area (Å²) in [5.74, 6) is -0.753. The summed E-state index contributed by atoms with van der Waals surface area (Å²) in [6.07, 6.45) is 2.49. The van der Waals surface area contributed by atoms with E-state index in [0.717, 1.165) is 6.42 Å². The molecule has 0 bridgehead atoms. The highest BCUT2D eigenvalue weighted by Crippen LogP contribution is 2.09. The highest BCUT2D eigenvalue weighted by Gasteiger charge is 2.32. The molecule has 4 heteroatoms. The van der Waals surface area contributed by atoms with Gasteiger partial charge < -0.3 is 9.80 Å². The Labute approximate surface area is 90.5 Å². The zero-order valence-electron chi connectivity index (χ0n) is 9.40. The minimum atomic E-state index is -0.378. The van der Waals surface area contributed by atoms with Crippen LogP contribution >= 0.6 is 0 Å². The third-order valence-corrected chi connectivity index (χ3v) is 2.57.